The smallest absolute Gasteiger partial charge is 0.119 e. The summed E-state index contributed by atoms with van der Waals surface area (Å²) >= 11 is 0. The SMILES string of the molecule is C/C=C\C(=C/C)COc1ccc(C)cc1.CC. The van der Waals surface area contributed by atoms with Crippen LogP contribution in [0.25, 0.3) is 0 Å². The van der Waals surface area contributed by atoms with Crippen LogP contribution in [0.5, 0.6) is 5.75 Å². The van der Waals surface area contributed by atoms with Crippen molar-refractivity contribution in [2.24, 2.45) is 0 Å². The lowest BCUT2D eigenvalue weighted by atomic mass is 10.2. The fourth-order valence-corrected chi connectivity index (χ4v) is 1.24. The Hall–Kier alpha value is -1.50. The monoisotopic (exact) mass is 232 g/mol. The Morgan fingerprint density at radius 2 is 1.71 bits per heavy atom. The van der Waals surface area contributed by atoms with Gasteiger partial charge in [0.15, 0.2) is 0 Å². The van der Waals surface area contributed by atoms with Gasteiger partial charge in [-0.3, -0.25) is 0 Å². The van der Waals surface area contributed by atoms with Crippen LogP contribution in [0.3, 0.4) is 0 Å². The molecule has 0 fully saturated rings. The van der Waals surface area contributed by atoms with Crippen LogP contribution >= 0.6 is 0 Å². The van der Waals surface area contributed by atoms with Crippen molar-refractivity contribution in [3.05, 3.63) is 53.6 Å². The van der Waals surface area contributed by atoms with Crippen molar-refractivity contribution >= 4 is 0 Å². The molecule has 0 radical (unpaired) electrons. The van der Waals surface area contributed by atoms with E-state index >= 15 is 0 Å². The molecule has 94 valence electrons. The zero-order valence-electron chi connectivity index (χ0n) is 11.7. The van der Waals surface area contributed by atoms with E-state index in [0.29, 0.717) is 6.61 Å². The number of ether oxygens (including phenoxy) is 1. The van der Waals surface area contributed by atoms with Crippen molar-refractivity contribution < 1.29 is 4.74 Å². The maximum absolute atomic E-state index is 5.65. The molecule has 0 unspecified atom stereocenters. The third-order valence-electron chi connectivity index (χ3n) is 2.18. The molecule has 0 aliphatic carbocycles. The number of rotatable bonds is 4. The van der Waals surface area contributed by atoms with Crippen molar-refractivity contribution in [3.8, 4) is 5.75 Å². The van der Waals surface area contributed by atoms with Crippen LogP contribution in [0.4, 0.5) is 0 Å². The van der Waals surface area contributed by atoms with E-state index in [0.717, 1.165) is 5.75 Å². The zero-order valence-corrected chi connectivity index (χ0v) is 11.7. The molecule has 0 bridgehead atoms. The minimum atomic E-state index is 0.629. The number of allylic oxidation sites excluding steroid dienone is 2. The fourth-order valence-electron chi connectivity index (χ4n) is 1.24. The first kappa shape index (κ1) is 15.5. The van der Waals surface area contributed by atoms with Crippen LogP contribution in [-0.4, -0.2) is 6.61 Å². The quantitative estimate of drug-likeness (QED) is 0.669. The maximum Gasteiger partial charge on any atom is 0.119 e. The van der Waals surface area contributed by atoms with Gasteiger partial charge < -0.3 is 4.74 Å². The van der Waals surface area contributed by atoms with Gasteiger partial charge in [0.05, 0.1) is 0 Å². The highest BCUT2D eigenvalue weighted by atomic mass is 16.5. The van der Waals surface area contributed by atoms with Gasteiger partial charge in [-0.1, -0.05) is 49.8 Å². The number of benzene rings is 1. The highest BCUT2D eigenvalue weighted by Crippen LogP contribution is 2.12. The zero-order chi connectivity index (χ0) is 13.1. The highest BCUT2D eigenvalue weighted by molar-refractivity contribution is 5.27. The van der Waals surface area contributed by atoms with Crippen LogP contribution < -0.4 is 4.74 Å². The standard InChI is InChI=1S/C14H18O.C2H6/c1-4-6-13(5-2)11-15-14-9-7-12(3)8-10-14;1-2/h4-10H,11H2,1-3H3;1-2H3/b6-4-,13-5+;. The van der Waals surface area contributed by atoms with Gasteiger partial charge in [0.25, 0.3) is 0 Å². The van der Waals surface area contributed by atoms with Crippen molar-refractivity contribution in [2.45, 2.75) is 34.6 Å². The van der Waals surface area contributed by atoms with Gasteiger partial charge in [0, 0.05) is 0 Å². The van der Waals surface area contributed by atoms with E-state index in [1.54, 1.807) is 0 Å². The molecule has 1 rings (SSSR count). The Bertz CT molecular complexity index is 344. The predicted molar refractivity (Wildman–Crippen MR) is 76.6 cm³/mol. The Balaban J connectivity index is 0.00000121. The first-order chi connectivity index (χ1) is 8.26. The summed E-state index contributed by atoms with van der Waals surface area (Å²) in [7, 11) is 0. The minimum Gasteiger partial charge on any atom is -0.489 e. The van der Waals surface area contributed by atoms with Gasteiger partial charge in [-0.05, 0) is 38.5 Å². The highest BCUT2D eigenvalue weighted by Gasteiger charge is 1.94. The Labute approximate surface area is 106 Å². The summed E-state index contributed by atoms with van der Waals surface area (Å²) in [5.41, 5.74) is 2.44. The van der Waals surface area contributed by atoms with Gasteiger partial charge in [0.1, 0.15) is 12.4 Å². The average molecular weight is 232 g/mol. The second-order valence-electron chi connectivity index (χ2n) is 3.47. The molecule has 0 spiro atoms. The second kappa shape index (κ2) is 9.71. The molecular weight excluding hydrogens is 208 g/mol. The van der Waals surface area contributed by atoms with E-state index in [1.807, 2.05) is 45.9 Å². The van der Waals surface area contributed by atoms with E-state index in [-0.39, 0.29) is 0 Å². The molecule has 0 saturated heterocycles. The normalized spacial score (nSPS) is 11.0. The van der Waals surface area contributed by atoms with E-state index < -0.39 is 0 Å². The lowest BCUT2D eigenvalue weighted by molar-refractivity contribution is 0.355. The first-order valence-electron chi connectivity index (χ1n) is 6.23. The number of hydrogen-bond acceptors (Lipinski definition) is 1. The summed E-state index contributed by atoms with van der Waals surface area (Å²) in [6.45, 7) is 10.7. The van der Waals surface area contributed by atoms with Gasteiger partial charge in [-0.2, -0.15) is 0 Å². The van der Waals surface area contributed by atoms with Gasteiger partial charge in [-0.15, -0.1) is 0 Å². The third kappa shape index (κ3) is 6.62. The van der Waals surface area contributed by atoms with Crippen molar-refractivity contribution in [1.29, 1.82) is 0 Å². The summed E-state index contributed by atoms with van der Waals surface area (Å²) in [6, 6.07) is 8.11. The molecule has 0 atom stereocenters. The van der Waals surface area contributed by atoms with Crippen molar-refractivity contribution in [1.82, 2.24) is 0 Å². The molecule has 0 N–H and O–H groups in total. The maximum atomic E-state index is 5.65. The van der Waals surface area contributed by atoms with E-state index in [9.17, 15) is 0 Å². The second-order valence-corrected chi connectivity index (χ2v) is 3.47. The summed E-state index contributed by atoms with van der Waals surface area (Å²) in [5, 5.41) is 0. The van der Waals surface area contributed by atoms with Gasteiger partial charge >= 0.3 is 0 Å². The summed E-state index contributed by atoms with van der Waals surface area (Å²) in [5.74, 6) is 0.921. The van der Waals surface area contributed by atoms with E-state index in [4.69, 9.17) is 4.74 Å². The van der Waals surface area contributed by atoms with Crippen molar-refractivity contribution in [3.63, 3.8) is 0 Å². The van der Waals surface area contributed by atoms with E-state index in [2.05, 4.69) is 31.2 Å². The van der Waals surface area contributed by atoms with Crippen LogP contribution in [-0.2, 0) is 0 Å². The number of aryl methyl sites for hydroxylation is 1. The fraction of sp³-hybridized carbons (Fsp3) is 0.375. The third-order valence-corrected chi connectivity index (χ3v) is 2.18. The van der Waals surface area contributed by atoms with Gasteiger partial charge in [0.2, 0.25) is 0 Å². The number of hydrogen-bond donors (Lipinski definition) is 0. The van der Waals surface area contributed by atoms with Crippen LogP contribution in [0, 0.1) is 6.92 Å². The molecule has 1 aromatic rings. The molecule has 0 aromatic heterocycles. The lowest BCUT2D eigenvalue weighted by Gasteiger charge is -2.06. The van der Waals surface area contributed by atoms with E-state index in [1.165, 1.54) is 11.1 Å². The first-order valence-corrected chi connectivity index (χ1v) is 6.23. The topological polar surface area (TPSA) is 9.23 Å². The lowest BCUT2D eigenvalue weighted by Crippen LogP contribution is -1.99. The van der Waals surface area contributed by atoms with Crippen LogP contribution in [0.1, 0.15) is 33.3 Å². The molecule has 0 aliphatic rings. The van der Waals surface area contributed by atoms with Crippen molar-refractivity contribution in [2.75, 3.05) is 6.61 Å². The Kier molecular flexibility index (Phi) is 8.85. The molecule has 0 saturated carbocycles. The molecule has 17 heavy (non-hydrogen) atoms. The summed E-state index contributed by atoms with van der Waals surface area (Å²) in [6.07, 6.45) is 6.15. The average Bonchev–Trinajstić information content (AvgIpc) is 2.39. The molecule has 0 aliphatic heterocycles. The Morgan fingerprint density at radius 1 is 1.12 bits per heavy atom. The molecule has 0 amide bonds. The molecular formula is C16H24O. The molecule has 1 nitrogen and oxygen atoms in total. The summed E-state index contributed by atoms with van der Waals surface area (Å²) in [4.78, 5) is 0. The molecule has 0 heterocycles. The van der Waals surface area contributed by atoms with Crippen LogP contribution in [0.2, 0.25) is 0 Å². The van der Waals surface area contributed by atoms with Crippen LogP contribution in [0.15, 0.2) is 48.1 Å². The molecule has 1 heteroatoms. The molecule has 1 aromatic carbocycles. The summed E-state index contributed by atoms with van der Waals surface area (Å²) < 4.78 is 5.65. The van der Waals surface area contributed by atoms with Gasteiger partial charge in [-0.25, -0.2) is 0 Å². The predicted octanol–water partition coefficient (Wildman–Crippen LogP) is 4.92. The Morgan fingerprint density at radius 3 is 2.18 bits per heavy atom. The minimum absolute atomic E-state index is 0.629. The largest absolute Gasteiger partial charge is 0.489 e.